The van der Waals surface area contributed by atoms with E-state index in [0.29, 0.717) is 5.82 Å². The van der Waals surface area contributed by atoms with Gasteiger partial charge in [0.15, 0.2) is 5.67 Å². The Kier molecular flexibility index (Phi) is 2.80. The molecular formula is C11H10BrFN2O. The van der Waals surface area contributed by atoms with E-state index < -0.39 is 5.67 Å². The van der Waals surface area contributed by atoms with Crippen LogP contribution >= 0.6 is 15.9 Å². The highest BCUT2D eigenvalue weighted by molar-refractivity contribution is 9.10. The van der Waals surface area contributed by atoms with Crippen LogP contribution in [0.3, 0.4) is 0 Å². The molecule has 0 bridgehead atoms. The van der Waals surface area contributed by atoms with Gasteiger partial charge in [-0.3, -0.25) is 0 Å². The molecule has 16 heavy (non-hydrogen) atoms. The predicted molar refractivity (Wildman–Crippen MR) is 61.6 cm³/mol. The second-order valence-corrected chi connectivity index (χ2v) is 4.82. The van der Waals surface area contributed by atoms with Crippen LogP contribution < -0.4 is 0 Å². The van der Waals surface area contributed by atoms with E-state index in [4.69, 9.17) is 4.52 Å². The average molecular weight is 285 g/mol. The summed E-state index contributed by atoms with van der Waals surface area (Å²) in [4.78, 5) is 4.01. The topological polar surface area (TPSA) is 38.9 Å². The molecule has 84 valence electrons. The third kappa shape index (κ3) is 2.29. The Morgan fingerprint density at radius 1 is 1.25 bits per heavy atom. The number of hydrogen-bond donors (Lipinski definition) is 0. The summed E-state index contributed by atoms with van der Waals surface area (Å²) in [6.07, 6.45) is 0. The lowest BCUT2D eigenvalue weighted by atomic mass is 10.2. The van der Waals surface area contributed by atoms with E-state index >= 15 is 0 Å². The number of halogens is 2. The van der Waals surface area contributed by atoms with E-state index in [2.05, 4.69) is 26.1 Å². The Bertz CT molecular complexity index is 487. The Labute approximate surface area is 101 Å². The Morgan fingerprint density at radius 3 is 2.38 bits per heavy atom. The third-order valence-electron chi connectivity index (χ3n) is 2.04. The van der Waals surface area contributed by atoms with Crippen molar-refractivity contribution in [3.63, 3.8) is 0 Å². The second-order valence-electron chi connectivity index (χ2n) is 3.90. The number of benzene rings is 1. The van der Waals surface area contributed by atoms with Crippen LogP contribution in [0.4, 0.5) is 4.39 Å². The van der Waals surface area contributed by atoms with Gasteiger partial charge in [-0.1, -0.05) is 21.1 Å². The highest BCUT2D eigenvalue weighted by atomic mass is 79.9. The summed E-state index contributed by atoms with van der Waals surface area (Å²) in [5.41, 5.74) is -0.817. The lowest BCUT2D eigenvalue weighted by molar-refractivity contribution is 0.155. The zero-order chi connectivity index (χ0) is 11.8. The van der Waals surface area contributed by atoms with E-state index in [1.165, 1.54) is 13.8 Å². The first-order valence-electron chi connectivity index (χ1n) is 4.76. The van der Waals surface area contributed by atoms with Gasteiger partial charge in [-0.15, -0.1) is 0 Å². The molecule has 0 spiro atoms. The van der Waals surface area contributed by atoms with Crippen LogP contribution in [0.5, 0.6) is 0 Å². The van der Waals surface area contributed by atoms with Crippen molar-refractivity contribution in [1.82, 2.24) is 10.1 Å². The standard InChI is InChI=1S/C11H10BrFN2O/c1-11(2,13)10-14-9(15-16-10)7-3-5-8(12)6-4-7/h3-6H,1-2H3. The molecule has 0 unspecified atom stereocenters. The maximum absolute atomic E-state index is 13.5. The van der Waals surface area contributed by atoms with Crippen molar-refractivity contribution >= 4 is 15.9 Å². The van der Waals surface area contributed by atoms with E-state index in [-0.39, 0.29) is 5.89 Å². The van der Waals surface area contributed by atoms with Crippen LogP contribution in [0.25, 0.3) is 11.4 Å². The van der Waals surface area contributed by atoms with E-state index in [1.807, 2.05) is 24.3 Å². The van der Waals surface area contributed by atoms with Gasteiger partial charge < -0.3 is 4.52 Å². The van der Waals surface area contributed by atoms with Gasteiger partial charge in [-0.2, -0.15) is 4.98 Å². The van der Waals surface area contributed by atoms with Crippen LogP contribution in [0.2, 0.25) is 0 Å². The van der Waals surface area contributed by atoms with Crippen molar-refractivity contribution in [3.05, 3.63) is 34.6 Å². The summed E-state index contributed by atoms with van der Waals surface area (Å²) in [6, 6.07) is 7.41. The van der Waals surface area contributed by atoms with Gasteiger partial charge in [0.25, 0.3) is 5.89 Å². The van der Waals surface area contributed by atoms with Gasteiger partial charge in [0, 0.05) is 10.0 Å². The predicted octanol–water partition coefficient (Wildman–Crippen LogP) is 3.70. The highest BCUT2D eigenvalue weighted by Crippen LogP contribution is 2.25. The zero-order valence-corrected chi connectivity index (χ0v) is 10.5. The summed E-state index contributed by atoms with van der Waals surface area (Å²) in [6.45, 7) is 2.76. The number of hydrogen-bond acceptors (Lipinski definition) is 3. The molecule has 0 N–H and O–H groups in total. The fourth-order valence-corrected chi connectivity index (χ4v) is 1.45. The molecule has 0 fully saturated rings. The lowest BCUT2D eigenvalue weighted by Crippen LogP contribution is -2.09. The molecule has 0 saturated heterocycles. The van der Waals surface area contributed by atoms with Crippen LogP contribution in [0.15, 0.2) is 33.3 Å². The van der Waals surface area contributed by atoms with Crippen LogP contribution in [0, 0.1) is 0 Å². The van der Waals surface area contributed by atoms with Crippen molar-refractivity contribution in [2.75, 3.05) is 0 Å². The van der Waals surface area contributed by atoms with Crippen molar-refractivity contribution < 1.29 is 8.91 Å². The summed E-state index contributed by atoms with van der Waals surface area (Å²) < 4.78 is 19.3. The molecule has 0 aliphatic rings. The van der Waals surface area contributed by atoms with Gasteiger partial charge in [0.05, 0.1) is 0 Å². The summed E-state index contributed by atoms with van der Waals surface area (Å²) >= 11 is 3.33. The molecule has 1 heterocycles. The third-order valence-corrected chi connectivity index (χ3v) is 2.57. The van der Waals surface area contributed by atoms with Crippen molar-refractivity contribution in [2.45, 2.75) is 19.5 Å². The SMILES string of the molecule is CC(C)(F)c1nc(-c2ccc(Br)cc2)no1. The quantitative estimate of drug-likeness (QED) is 0.844. The van der Waals surface area contributed by atoms with Gasteiger partial charge >= 0.3 is 0 Å². The molecule has 3 nitrogen and oxygen atoms in total. The fourth-order valence-electron chi connectivity index (χ4n) is 1.18. The zero-order valence-electron chi connectivity index (χ0n) is 8.87. The van der Waals surface area contributed by atoms with Crippen LogP contribution in [0.1, 0.15) is 19.7 Å². The van der Waals surface area contributed by atoms with Crippen molar-refractivity contribution in [2.24, 2.45) is 0 Å². The molecule has 5 heteroatoms. The summed E-state index contributed by atoms with van der Waals surface area (Å²) in [5.74, 6) is 0.388. The highest BCUT2D eigenvalue weighted by Gasteiger charge is 2.26. The molecule has 0 aliphatic heterocycles. The van der Waals surface area contributed by atoms with Crippen LogP contribution in [-0.2, 0) is 5.67 Å². The molecular weight excluding hydrogens is 275 g/mol. The molecule has 0 atom stereocenters. The molecule has 0 aliphatic carbocycles. The average Bonchev–Trinajstić information content (AvgIpc) is 2.67. The molecule has 1 aromatic carbocycles. The van der Waals surface area contributed by atoms with Crippen LogP contribution in [-0.4, -0.2) is 10.1 Å². The maximum atomic E-state index is 13.5. The van der Waals surface area contributed by atoms with E-state index in [0.717, 1.165) is 10.0 Å². The number of aromatic nitrogens is 2. The van der Waals surface area contributed by atoms with Gasteiger partial charge in [-0.25, -0.2) is 4.39 Å². The fraction of sp³-hybridized carbons (Fsp3) is 0.273. The first kappa shape index (κ1) is 11.3. The molecule has 1 aromatic heterocycles. The number of alkyl halides is 1. The molecule has 0 amide bonds. The monoisotopic (exact) mass is 284 g/mol. The maximum Gasteiger partial charge on any atom is 0.264 e. The van der Waals surface area contributed by atoms with Crippen molar-refractivity contribution in [3.8, 4) is 11.4 Å². The lowest BCUT2D eigenvalue weighted by Gasteiger charge is -2.05. The second kappa shape index (κ2) is 3.97. The first-order valence-corrected chi connectivity index (χ1v) is 5.55. The minimum absolute atomic E-state index is 0.00887. The normalized spacial score (nSPS) is 11.8. The number of nitrogens with zero attached hydrogens (tertiary/aromatic N) is 2. The smallest absolute Gasteiger partial charge is 0.264 e. The van der Waals surface area contributed by atoms with Gasteiger partial charge in [0.1, 0.15) is 0 Å². The largest absolute Gasteiger partial charge is 0.335 e. The Morgan fingerprint density at radius 2 is 1.88 bits per heavy atom. The minimum Gasteiger partial charge on any atom is -0.335 e. The summed E-state index contributed by atoms with van der Waals surface area (Å²) in [7, 11) is 0. The first-order chi connectivity index (χ1) is 7.47. The Balaban J connectivity index is 2.35. The molecule has 0 saturated carbocycles. The summed E-state index contributed by atoms with van der Waals surface area (Å²) in [5, 5.41) is 3.74. The van der Waals surface area contributed by atoms with E-state index in [1.54, 1.807) is 0 Å². The van der Waals surface area contributed by atoms with Gasteiger partial charge in [0.2, 0.25) is 5.82 Å². The molecule has 2 aromatic rings. The minimum atomic E-state index is -1.61. The molecule has 0 radical (unpaired) electrons. The van der Waals surface area contributed by atoms with Gasteiger partial charge in [-0.05, 0) is 38.1 Å². The number of rotatable bonds is 2. The van der Waals surface area contributed by atoms with Crippen molar-refractivity contribution in [1.29, 1.82) is 0 Å². The Hall–Kier alpha value is -1.23. The van der Waals surface area contributed by atoms with E-state index in [9.17, 15) is 4.39 Å². The molecule has 2 rings (SSSR count).